The van der Waals surface area contributed by atoms with Crippen LogP contribution in [0.3, 0.4) is 0 Å². The van der Waals surface area contributed by atoms with E-state index in [1.807, 2.05) is 0 Å². The third kappa shape index (κ3) is 2.84. The van der Waals surface area contributed by atoms with Crippen molar-refractivity contribution in [2.24, 2.45) is 5.73 Å². The topological polar surface area (TPSA) is 61.5 Å². The molecule has 1 atom stereocenters. The lowest BCUT2D eigenvalue weighted by Crippen LogP contribution is -2.26. The maximum Gasteiger partial charge on any atom is 0.340 e. The van der Waals surface area contributed by atoms with E-state index >= 15 is 0 Å². The SMILES string of the molecule is CCOC(=O)C1=C(N)Oc2c(sc3c(F)cccc23)C1c1ccc(F)cc1. The highest BCUT2D eigenvalue weighted by atomic mass is 32.1. The van der Waals surface area contributed by atoms with Crippen molar-refractivity contribution in [3.8, 4) is 5.75 Å². The molecule has 4 rings (SSSR count). The van der Waals surface area contributed by atoms with Crippen LogP contribution in [0, 0.1) is 11.6 Å². The van der Waals surface area contributed by atoms with Crippen LogP contribution in [0.2, 0.25) is 0 Å². The van der Waals surface area contributed by atoms with Crippen LogP contribution in [0.4, 0.5) is 8.78 Å². The number of carbonyl (C=O) groups excluding carboxylic acids is 1. The fourth-order valence-corrected chi connectivity index (χ4v) is 4.49. The number of halogens is 2. The van der Waals surface area contributed by atoms with Crippen molar-refractivity contribution in [1.29, 1.82) is 0 Å². The van der Waals surface area contributed by atoms with E-state index < -0.39 is 17.7 Å². The van der Waals surface area contributed by atoms with E-state index in [1.54, 1.807) is 31.2 Å². The van der Waals surface area contributed by atoms with Crippen molar-refractivity contribution in [1.82, 2.24) is 0 Å². The van der Waals surface area contributed by atoms with Crippen LogP contribution in [-0.2, 0) is 9.53 Å². The van der Waals surface area contributed by atoms with E-state index in [0.29, 0.717) is 26.3 Å². The lowest BCUT2D eigenvalue weighted by Gasteiger charge is -2.26. The van der Waals surface area contributed by atoms with E-state index in [-0.39, 0.29) is 23.9 Å². The molecule has 0 saturated carbocycles. The number of thiophene rings is 1. The number of carbonyl (C=O) groups is 1. The minimum absolute atomic E-state index is 0.0979. The summed E-state index contributed by atoms with van der Waals surface area (Å²) < 4.78 is 39.0. The minimum atomic E-state index is -0.634. The average Bonchev–Trinajstić information content (AvgIpc) is 3.01. The molecule has 1 aromatic heterocycles. The molecule has 4 nitrogen and oxygen atoms in total. The first-order valence-electron chi connectivity index (χ1n) is 8.32. The number of benzene rings is 2. The van der Waals surface area contributed by atoms with Crippen molar-refractivity contribution in [2.45, 2.75) is 12.8 Å². The smallest absolute Gasteiger partial charge is 0.340 e. The minimum Gasteiger partial charge on any atom is -0.462 e. The van der Waals surface area contributed by atoms with E-state index in [1.165, 1.54) is 29.5 Å². The van der Waals surface area contributed by atoms with Gasteiger partial charge in [0.2, 0.25) is 5.88 Å². The fraction of sp³-hybridized carbons (Fsp3) is 0.150. The van der Waals surface area contributed by atoms with Gasteiger partial charge < -0.3 is 15.2 Å². The molecule has 0 saturated heterocycles. The van der Waals surface area contributed by atoms with E-state index in [4.69, 9.17) is 15.2 Å². The van der Waals surface area contributed by atoms with E-state index in [2.05, 4.69) is 0 Å². The maximum absolute atomic E-state index is 14.3. The molecule has 0 aliphatic carbocycles. The largest absolute Gasteiger partial charge is 0.462 e. The highest BCUT2D eigenvalue weighted by molar-refractivity contribution is 7.19. The summed E-state index contributed by atoms with van der Waals surface area (Å²) in [6.45, 7) is 1.85. The Hall–Kier alpha value is -2.93. The van der Waals surface area contributed by atoms with Crippen LogP contribution in [0.5, 0.6) is 5.75 Å². The molecule has 7 heteroatoms. The quantitative estimate of drug-likeness (QED) is 0.675. The first-order chi connectivity index (χ1) is 13.0. The molecule has 1 aliphatic rings. The van der Waals surface area contributed by atoms with Crippen LogP contribution in [-0.4, -0.2) is 12.6 Å². The Morgan fingerprint density at radius 1 is 1.22 bits per heavy atom. The monoisotopic (exact) mass is 387 g/mol. The van der Waals surface area contributed by atoms with Gasteiger partial charge in [0.1, 0.15) is 17.2 Å². The highest BCUT2D eigenvalue weighted by Crippen LogP contribution is 2.51. The molecule has 0 spiro atoms. The number of hydrogen-bond donors (Lipinski definition) is 1. The Morgan fingerprint density at radius 3 is 2.67 bits per heavy atom. The number of rotatable bonds is 3. The second-order valence-corrected chi connectivity index (χ2v) is 7.05. The van der Waals surface area contributed by atoms with Gasteiger partial charge in [-0.05, 0) is 36.8 Å². The molecule has 2 N–H and O–H groups in total. The van der Waals surface area contributed by atoms with E-state index in [9.17, 15) is 13.6 Å². The molecule has 0 radical (unpaired) electrons. The normalized spacial score (nSPS) is 16.2. The third-order valence-corrected chi connectivity index (χ3v) is 5.63. The van der Waals surface area contributed by atoms with Gasteiger partial charge in [-0.2, -0.15) is 0 Å². The molecule has 0 fully saturated rings. The first kappa shape index (κ1) is 17.5. The standard InChI is InChI=1S/C20H15F2NO3S/c1-2-25-20(24)15-14(10-6-8-11(21)9-7-10)18-16(26-19(15)23)12-4-3-5-13(22)17(12)27-18/h3-9,14H,2,23H2,1H3. The lowest BCUT2D eigenvalue weighted by atomic mass is 9.87. The molecule has 3 aromatic rings. The Bertz CT molecular complexity index is 1070. The number of nitrogens with two attached hydrogens (primary N) is 1. The number of hydrogen-bond acceptors (Lipinski definition) is 5. The molecular formula is C20H15F2NO3S. The summed E-state index contributed by atoms with van der Waals surface area (Å²) in [6, 6.07) is 10.4. The summed E-state index contributed by atoms with van der Waals surface area (Å²) in [5, 5.41) is 0.577. The van der Waals surface area contributed by atoms with Crippen molar-refractivity contribution in [3.05, 3.63) is 76.0 Å². The summed E-state index contributed by atoms with van der Waals surface area (Å²) in [7, 11) is 0. The third-order valence-electron chi connectivity index (χ3n) is 4.37. The molecule has 1 aliphatic heterocycles. The van der Waals surface area contributed by atoms with Crippen LogP contribution >= 0.6 is 11.3 Å². The van der Waals surface area contributed by atoms with Crippen LogP contribution in [0.25, 0.3) is 10.1 Å². The van der Waals surface area contributed by atoms with Crippen LogP contribution < -0.4 is 10.5 Å². The maximum atomic E-state index is 14.3. The van der Waals surface area contributed by atoms with Crippen LogP contribution in [0.15, 0.2) is 53.9 Å². The lowest BCUT2D eigenvalue weighted by molar-refractivity contribution is -0.139. The zero-order chi connectivity index (χ0) is 19.1. The van der Waals surface area contributed by atoms with Crippen molar-refractivity contribution < 1.29 is 23.0 Å². The van der Waals surface area contributed by atoms with Gasteiger partial charge in [-0.25, -0.2) is 13.6 Å². The Kier molecular flexibility index (Phi) is 4.31. The van der Waals surface area contributed by atoms with E-state index in [0.717, 1.165) is 0 Å². The highest BCUT2D eigenvalue weighted by Gasteiger charge is 2.38. The second-order valence-electron chi connectivity index (χ2n) is 6.00. The van der Waals surface area contributed by atoms with Crippen molar-refractivity contribution >= 4 is 27.4 Å². The average molecular weight is 387 g/mol. The Morgan fingerprint density at radius 2 is 1.96 bits per heavy atom. The summed E-state index contributed by atoms with van der Waals surface area (Å²) >= 11 is 1.18. The van der Waals surface area contributed by atoms with Gasteiger partial charge in [0.05, 0.1) is 22.1 Å². The summed E-state index contributed by atoms with van der Waals surface area (Å²) in [4.78, 5) is 13.2. The second kappa shape index (κ2) is 6.66. The fourth-order valence-electron chi connectivity index (χ4n) is 3.21. The van der Waals surface area contributed by atoms with Gasteiger partial charge in [0, 0.05) is 5.39 Å². The molecule has 27 heavy (non-hydrogen) atoms. The molecule has 138 valence electrons. The van der Waals surface area contributed by atoms with Gasteiger partial charge in [0.15, 0.2) is 5.75 Å². The number of ether oxygens (including phenoxy) is 2. The number of fused-ring (bicyclic) bond motifs is 3. The summed E-state index contributed by atoms with van der Waals surface area (Å²) in [6.07, 6.45) is 0. The number of esters is 1. The van der Waals surface area contributed by atoms with Gasteiger partial charge in [-0.3, -0.25) is 0 Å². The molecule has 2 heterocycles. The predicted octanol–water partition coefficient (Wildman–Crippen LogP) is 4.44. The molecule has 2 aromatic carbocycles. The zero-order valence-electron chi connectivity index (χ0n) is 14.3. The predicted molar refractivity (Wildman–Crippen MR) is 98.5 cm³/mol. The molecule has 0 amide bonds. The molecule has 1 unspecified atom stereocenters. The van der Waals surface area contributed by atoms with Gasteiger partial charge in [-0.15, -0.1) is 11.3 Å². The molecular weight excluding hydrogens is 372 g/mol. The zero-order valence-corrected chi connectivity index (χ0v) is 15.1. The van der Waals surface area contributed by atoms with Gasteiger partial charge in [0.25, 0.3) is 0 Å². The first-order valence-corrected chi connectivity index (χ1v) is 9.14. The van der Waals surface area contributed by atoms with Crippen molar-refractivity contribution in [2.75, 3.05) is 6.61 Å². The van der Waals surface area contributed by atoms with Crippen LogP contribution in [0.1, 0.15) is 23.3 Å². The van der Waals surface area contributed by atoms with Gasteiger partial charge in [-0.1, -0.05) is 18.2 Å². The van der Waals surface area contributed by atoms with Crippen molar-refractivity contribution in [3.63, 3.8) is 0 Å². The summed E-state index contributed by atoms with van der Waals surface area (Å²) in [5.74, 6) is -1.72. The Labute approximate surface area is 157 Å². The summed E-state index contributed by atoms with van der Waals surface area (Å²) in [5.41, 5.74) is 6.83. The van der Waals surface area contributed by atoms with Gasteiger partial charge >= 0.3 is 5.97 Å². The molecule has 0 bridgehead atoms. The Balaban J connectivity index is 1.97.